The second-order valence-corrected chi connectivity index (χ2v) is 7.86. The number of nitrogens with one attached hydrogen (secondary N) is 1. The number of nitrogens with zero attached hydrogens (tertiary/aromatic N) is 3. The Balaban J connectivity index is 1.59. The molecule has 27 heavy (non-hydrogen) atoms. The Morgan fingerprint density at radius 3 is 2.81 bits per heavy atom. The quantitative estimate of drug-likeness (QED) is 0.560. The molecule has 0 spiro atoms. The third-order valence-electron chi connectivity index (χ3n) is 4.24. The maximum Gasteiger partial charge on any atom is 0.263 e. The van der Waals surface area contributed by atoms with Crippen LogP contribution >= 0.6 is 22.7 Å². The highest BCUT2D eigenvalue weighted by Crippen LogP contribution is 2.33. The molecule has 0 aliphatic carbocycles. The zero-order valence-electron chi connectivity index (χ0n) is 14.5. The summed E-state index contributed by atoms with van der Waals surface area (Å²) in [6.45, 7) is 1.82. The lowest BCUT2D eigenvalue weighted by molar-refractivity contribution is -0.122. The third kappa shape index (κ3) is 3.54. The molecule has 4 heterocycles. The minimum absolute atomic E-state index is 0.0725. The Morgan fingerprint density at radius 1 is 1.26 bits per heavy atom. The van der Waals surface area contributed by atoms with Crippen LogP contribution in [-0.4, -0.2) is 20.4 Å². The van der Waals surface area contributed by atoms with Gasteiger partial charge in [0.2, 0.25) is 5.91 Å². The van der Waals surface area contributed by atoms with E-state index in [0.717, 1.165) is 16.0 Å². The van der Waals surface area contributed by atoms with Gasteiger partial charge in [0.15, 0.2) is 0 Å². The van der Waals surface area contributed by atoms with E-state index >= 15 is 0 Å². The first-order chi connectivity index (χ1) is 13.1. The van der Waals surface area contributed by atoms with Gasteiger partial charge in [-0.2, -0.15) is 0 Å². The van der Waals surface area contributed by atoms with Crippen LogP contribution in [0.3, 0.4) is 0 Å². The number of carbonyl (C=O) groups is 1. The molecule has 0 saturated carbocycles. The van der Waals surface area contributed by atoms with Crippen LogP contribution in [0.15, 0.2) is 58.5 Å². The second kappa shape index (κ2) is 7.42. The molecule has 0 bridgehead atoms. The van der Waals surface area contributed by atoms with Crippen molar-refractivity contribution in [1.82, 2.24) is 19.9 Å². The van der Waals surface area contributed by atoms with Gasteiger partial charge in [-0.05, 0) is 36.1 Å². The average molecular weight is 396 g/mol. The van der Waals surface area contributed by atoms with Crippen LogP contribution in [0.1, 0.15) is 18.5 Å². The number of carbonyl (C=O) groups excluding carboxylic acids is 1. The minimum atomic E-state index is -0.240. The lowest BCUT2D eigenvalue weighted by Crippen LogP contribution is -2.33. The summed E-state index contributed by atoms with van der Waals surface area (Å²) in [6, 6.07) is 7.46. The first-order valence-electron chi connectivity index (χ1n) is 8.33. The molecule has 0 aliphatic heterocycles. The van der Waals surface area contributed by atoms with Crippen molar-refractivity contribution in [1.29, 1.82) is 0 Å². The Bertz CT molecular complexity index is 1130. The van der Waals surface area contributed by atoms with Gasteiger partial charge in [-0.1, -0.05) is 6.07 Å². The van der Waals surface area contributed by atoms with E-state index in [0.29, 0.717) is 10.2 Å². The van der Waals surface area contributed by atoms with Gasteiger partial charge in [0.05, 0.1) is 17.8 Å². The van der Waals surface area contributed by atoms with Crippen molar-refractivity contribution in [3.05, 3.63) is 69.7 Å². The van der Waals surface area contributed by atoms with Crippen LogP contribution in [0, 0.1) is 0 Å². The molecule has 1 atom stereocenters. The van der Waals surface area contributed by atoms with E-state index in [4.69, 9.17) is 0 Å². The van der Waals surface area contributed by atoms with Crippen molar-refractivity contribution in [2.45, 2.75) is 19.5 Å². The highest BCUT2D eigenvalue weighted by molar-refractivity contribution is 7.18. The predicted octanol–water partition coefficient (Wildman–Crippen LogP) is 3.46. The summed E-state index contributed by atoms with van der Waals surface area (Å²) in [4.78, 5) is 35.4. The first-order valence-corrected chi connectivity index (χ1v) is 10.1. The van der Waals surface area contributed by atoms with Crippen molar-refractivity contribution < 1.29 is 4.79 Å². The van der Waals surface area contributed by atoms with Gasteiger partial charge in [-0.25, -0.2) is 4.98 Å². The highest BCUT2D eigenvalue weighted by Gasteiger charge is 2.16. The fraction of sp³-hybridized carbons (Fsp3) is 0.158. The monoisotopic (exact) mass is 396 g/mol. The summed E-state index contributed by atoms with van der Waals surface area (Å²) in [7, 11) is 0. The van der Waals surface area contributed by atoms with E-state index < -0.39 is 0 Å². The molecule has 0 aliphatic rings. The Labute approximate surface area is 163 Å². The van der Waals surface area contributed by atoms with Crippen LogP contribution in [0.2, 0.25) is 0 Å². The van der Waals surface area contributed by atoms with Gasteiger partial charge in [0, 0.05) is 28.2 Å². The SMILES string of the molecule is CC(NC(=O)Cn1cnc2scc(-c3cccs3)c2c1=O)c1ccncc1. The van der Waals surface area contributed by atoms with E-state index in [2.05, 4.69) is 15.3 Å². The molecule has 0 aromatic carbocycles. The lowest BCUT2D eigenvalue weighted by atomic mass is 10.1. The van der Waals surface area contributed by atoms with Crippen LogP contribution < -0.4 is 10.9 Å². The first kappa shape index (κ1) is 17.6. The fourth-order valence-electron chi connectivity index (χ4n) is 2.87. The van der Waals surface area contributed by atoms with Crippen molar-refractivity contribution >= 4 is 38.8 Å². The van der Waals surface area contributed by atoms with E-state index in [1.165, 1.54) is 22.2 Å². The molecular formula is C19H16N4O2S2. The van der Waals surface area contributed by atoms with Crippen LogP contribution in [0.25, 0.3) is 20.7 Å². The van der Waals surface area contributed by atoms with Crippen LogP contribution in [-0.2, 0) is 11.3 Å². The number of fused-ring (bicyclic) bond motifs is 1. The topological polar surface area (TPSA) is 76.9 Å². The molecule has 4 aromatic heterocycles. The maximum atomic E-state index is 12.9. The number of aromatic nitrogens is 3. The van der Waals surface area contributed by atoms with E-state index in [9.17, 15) is 9.59 Å². The summed E-state index contributed by atoms with van der Waals surface area (Å²) < 4.78 is 1.36. The smallest absolute Gasteiger partial charge is 0.263 e. The minimum Gasteiger partial charge on any atom is -0.348 e. The predicted molar refractivity (Wildman–Crippen MR) is 108 cm³/mol. The standard InChI is InChI=1S/C19H16N4O2S2/c1-12(13-4-6-20-7-5-13)22-16(24)9-23-11-21-18-17(19(23)25)14(10-27-18)15-3-2-8-26-15/h2-8,10-12H,9H2,1H3,(H,22,24). The molecule has 8 heteroatoms. The summed E-state index contributed by atoms with van der Waals surface area (Å²) in [6.07, 6.45) is 4.81. The normalized spacial score (nSPS) is 12.2. The molecule has 6 nitrogen and oxygen atoms in total. The summed E-state index contributed by atoms with van der Waals surface area (Å²) >= 11 is 3.01. The van der Waals surface area contributed by atoms with Gasteiger partial charge in [0.1, 0.15) is 11.4 Å². The average Bonchev–Trinajstić information content (AvgIpc) is 3.34. The van der Waals surface area contributed by atoms with Gasteiger partial charge in [0.25, 0.3) is 5.56 Å². The highest BCUT2D eigenvalue weighted by atomic mass is 32.1. The molecule has 0 fully saturated rings. The Morgan fingerprint density at radius 2 is 2.07 bits per heavy atom. The molecule has 4 rings (SSSR count). The summed E-state index contributed by atoms with van der Waals surface area (Å²) in [5.74, 6) is -0.240. The number of pyridine rings is 1. The molecule has 1 unspecified atom stereocenters. The summed E-state index contributed by atoms with van der Waals surface area (Å²) in [5, 5.41) is 7.39. The van der Waals surface area contributed by atoms with E-state index in [1.54, 1.807) is 23.7 Å². The number of rotatable bonds is 5. The molecule has 1 N–H and O–H groups in total. The number of hydrogen-bond acceptors (Lipinski definition) is 6. The number of thiophene rings is 2. The zero-order valence-corrected chi connectivity index (χ0v) is 16.1. The largest absolute Gasteiger partial charge is 0.348 e. The van der Waals surface area contributed by atoms with Gasteiger partial charge in [-0.3, -0.25) is 19.1 Å². The molecule has 0 radical (unpaired) electrons. The van der Waals surface area contributed by atoms with Crippen molar-refractivity contribution in [2.75, 3.05) is 0 Å². The maximum absolute atomic E-state index is 12.9. The van der Waals surface area contributed by atoms with Crippen molar-refractivity contribution in [3.8, 4) is 10.4 Å². The van der Waals surface area contributed by atoms with E-state index in [1.807, 2.05) is 41.9 Å². The van der Waals surface area contributed by atoms with Gasteiger partial charge < -0.3 is 5.32 Å². The zero-order chi connectivity index (χ0) is 18.8. The molecule has 4 aromatic rings. The lowest BCUT2D eigenvalue weighted by Gasteiger charge is -2.14. The van der Waals surface area contributed by atoms with Gasteiger partial charge in [-0.15, -0.1) is 22.7 Å². The number of amides is 1. The molecule has 1 amide bonds. The molecular weight excluding hydrogens is 380 g/mol. The summed E-state index contributed by atoms with van der Waals surface area (Å²) in [5.41, 5.74) is 1.64. The third-order valence-corrected chi connectivity index (χ3v) is 6.03. The molecule has 0 saturated heterocycles. The number of hydrogen-bond donors (Lipinski definition) is 1. The van der Waals surface area contributed by atoms with Crippen molar-refractivity contribution in [3.63, 3.8) is 0 Å². The van der Waals surface area contributed by atoms with Crippen LogP contribution in [0.4, 0.5) is 0 Å². The Hall–Kier alpha value is -2.84. The molecule has 136 valence electrons. The van der Waals surface area contributed by atoms with E-state index in [-0.39, 0.29) is 24.1 Å². The van der Waals surface area contributed by atoms with Crippen molar-refractivity contribution in [2.24, 2.45) is 0 Å². The van der Waals surface area contributed by atoms with Crippen LogP contribution in [0.5, 0.6) is 0 Å². The van der Waals surface area contributed by atoms with Gasteiger partial charge >= 0.3 is 0 Å². The second-order valence-electron chi connectivity index (χ2n) is 6.05. The fourth-order valence-corrected chi connectivity index (χ4v) is 4.59. The Kier molecular flexibility index (Phi) is 4.83.